The summed E-state index contributed by atoms with van der Waals surface area (Å²) in [6, 6.07) is 0. The monoisotopic (exact) mass is 354 g/mol. The molecule has 0 aromatic rings. The van der Waals surface area contributed by atoms with Gasteiger partial charge in [0.15, 0.2) is 5.41 Å². The maximum absolute atomic E-state index is 11.4. The van der Waals surface area contributed by atoms with Crippen molar-refractivity contribution in [1.29, 1.82) is 0 Å². The SMILES string of the molecule is CCCCCCCCCCCCC(CCC)(C(=O)O)C(=O)O.[H-].[K+]. The Labute approximate surface area is 185 Å². The Morgan fingerprint density at radius 2 is 1.09 bits per heavy atom. The molecule has 0 radical (unpaired) electrons. The molecule has 5 heteroatoms. The summed E-state index contributed by atoms with van der Waals surface area (Å²) >= 11 is 0. The van der Waals surface area contributed by atoms with E-state index in [1.54, 1.807) is 0 Å². The second-order valence-corrected chi connectivity index (χ2v) is 6.37. The minimum Gasteiger partial charge on any atom is -1.00 e. The second-order valence-electron chi connectivity index (χ2n) is 6.37. The molecule has 0 aliphatic carbocycles. The van der Waals surface area contributed by atoms with Gasteiger partial charge in [-0.15, -0.1) is 0 Å². The van der Waals surface area contributed by atoms with E-state index in [0.717, 1.165) is 12.8 Å². The van der Waals surface area contributed by atoms with E-state index in [1.807, 2.05) is 6.92 Å². The molecular weight excluding hydrogens is 319 g/mol. The van der Waals surface area contributed by atoms with Crippen LogP contribution < -0.4 is 51.4 Å². The Kier molecular flexibility index (Phi) is 18.0. The number of carboxylic acids is 2. The molecule has 0 spiro atoms. The van der Waals surface area contributed by atoms with Crippen LogP contribution in [0.5, 0.6) is 0 Å². The fourth-order valence-electron chi connectivity index (χ4n) is 2.99. The first-order valence-electron chi connectivity index (χ1n) is 8.98. The summed E-state index contributed by atoms with van der Waals surface area (Å²) in [5.74, 6) is -2.37. The summed E-state index contributed by atoms with van der Waals surface area (Å²) in [6.07, 6.45) is 12.7. The number of hydrogen-bond donors (Lipinski definition) is 2. The summed E-state index contributed by atoms with van der Waals surface area (Å²) in [5.41, 5.74) is -1.57. The van der Waals surface area contributed by atoms with E-state index >= 15 is 0 Å². The van der Waals surface area contributed by atoms with Gasteiger partial charge in [-0.25, -0.2) is 0 Å². The molecule has 2 N–H and O–H groups in total. The van der Waals surface area contributed by atoms with Gasteiger partial charge in [-0.1, -0.05) is 84.5 Å². The van der Waals surface area contributed by atoms with E-state index in [0.29, 0.717) is 12.8 Å². The Bertz CT molecular complexity index is 310. The van der Waals surface area contributed by atoms with Gasteiger partial charge < -0.3 is 11.6 Å². The van der Waals surface area contributed by atoms with Gasteiger partial charge >= 0.3 is 63.3 Å². The third-order valence-electron chi connectivity index (χ3n) is 4.45. The second kappa shape index (κ2) is 16.1. The Hall–Kier alpha value is 0.576. The van der Waals surface area contributed by atoms with Crippen molar-refractivity contribution in [3.05, 3.63) is 0 Å². The molecule has 0 aliphatic rings. The molecule has 0 atom stereocenters. The van der Waals surface area contributed by atoms with Gasteiger partial charge in [-0.3, -0.25) is 9.59 Å². The summed E-state index contributed by atoms with van der Waals surface area (Å²) in [4.78, 5) is 22.7. The van der Waals surface area contributed by atoms with E-state index in [1.165, 1.54) is 44.9 Å². The van der Waals surface area contributed by atoms with E-state index in [4.69, 9.17) is 0 Å². The van der Waals surface area contributed by atoms with Crippen LogP contribution in [0, 0.1) is 5.41 Å². The molecule has 0 aromatic heterocycles. The maximum Gasteiger partial charge on any atom is 1.00 e. The number of hydrogen-bond acceptors (Lipinski definition) is 2. The molecule has 0 saturated carbocycles. The normalized spacial score (nSPS) is 11.0. The van der Waals surface area contributed by atoms with Crippen molar-refractivity contribution in [2.75, 3.05) is 0 Å². The topological polar surface area (TPSA) is 74.6 Å². The van der Waals surface area contributed by atoms with Crippen molar-refractivity contribution in [2.24, 2.45) is 5.41 Å². The van der Waals surface area contributed by atoms with Crippen molar-refractivity contribution in [2.45, 2.75) is 97.3 Å². The molecule has 0 aliphatic heterocycles. The molecule has 23 heavy (non-hydrogen) atoms. The smallest absolute Gasteiger partial charge is 1.00 e. The fraction of sp³-hybridized carbons (Fsp3) is 0.889. The average molecular weight is 355 g/mol. The third kappa shape index (κ3) is 10.9. The van der Waals surface area contributed by atoms with Crippen LogP contribution in [-0.4, -0.2) is 22.2 Å². The molecule has 0 aromatic carbocycles. The van der Waals surface area contributed by atoms with Gasteiger partial charge in [0, 0.05) is 0 Å². The van der Waals surface area contributed by atoms with Crippen LogP contribution in [0.2, 0.25) is 0 Å². The molecule has 0 saturated heterocycles. The van der Waals surface area contributed by atoms with Gasteiger partial charge in [0.2, 0.25) is 0 Å². The molecule has 0 fully saturated rings. The Morgan fingerprint density at radius 3 is 1.43 bits per heavy atom. The van der Waals surface area contributed by atoms with Crippen molar-refractivity contribution in [1.82, 2.24) is 0 Å². The number of carboxylic acid groups (broad SMARTS) is 2. The number of rotatable bonds is 15. The van der Waals surface area contributed by atoms with Crippen LogP contribution in [-0.2, 0) is 9.59 Å². The van der Waals surface area contributed by atoms with E-state index in [2.05, 4.69) is 6.92 Å². The number of unbranched alkanes of at least 4 members (excludes halogenated alkanes) is 9. The van der Waals surface area contributed by atoms with Crippen LogP contribution in [0.4, 0.5) is 0 Å². The van der Waals surface area contributed by atoms with Crippen LogP contribution in [0.3, 0.4) is 0 Å². The van der Waals surface area contributed by atoms with E-state index in [9.17, 15) is 19.8 Å². The molecule has 0 rings (SSSR count). The first-order valence-corrected chi connectivity index (χ1v) is 8.98. The molecule has 0 unspecified atom stereocenters. The summed E-state index contributed by atoms with van der Waals surface area (Å²) in [5, 5.41) is 18.6. The zero-order valence-corrected chi connectivity index (χ0v) is 18.5. The van der Waals surface area contributed by atoms with Crippen molar-refractivity contribution >= 4 is 11.9 Å². The molecule has 132 valence electrons. The fourth-order valence-corrected chi connectivity index (χ4v) is 2.99. The van der Waals surface area contributed by atoms with Gasteiger partial charge in [0.25, 0.3) is 0 Å². The predicted octanol–water partition coefficient (Wildman–Crippen LogP) is 2.37. The zero-order chi connectivity index (χ0) is 16.8. The zero-order valence-electron chi connectivity index (χ0n) is 16.4. The van der Waals surface area contributed by atoms with Crippen LogP contribution in [0.25, 0.3) is 0 Å². The van der Waals surface area contributed by atoms with Crippen LogP contribution in [0.15, 0.2) is 0 Å². The van der Waals surface area contributed by atoms with Gasteiger partial charge in [0.05, 0.1) is 0 Å². The molecule has 4 nitrogen and oxygen atoms in total. The van der Waals surface area contributed by atoms with Crippen molar-refractivity contribution in [3.63, 3.8) is 0 Å². The van der Waals surface area contributed by atoms with Gasteiger partial charge in [-0.2, -0.15) is 0 Å². The minimum absolute atomic E-state index is 0. The average Bonchev–Trinajstić information content (AvgIpc) is 2.47. The van der Waals surface area contributed by atoms with Crippen molar-refractivity contribution < 1.29 is 72.6 Å². The van der Waals surface area contributed by atoms with Crippen molar-refractivity contribution in [3.8, 4) is 0 Å². The summed E-state index contributed by atoms with van der Waals surface area (Å²) in [6.45, 7) is 4.05. The number of carbonyl (C=O) groups is 2. The standard InChI is InChI=1S/C18H34O4.K.H/c1-3-5-6-7-8-9-10-11-12-13-15-18(14-4-2,16(19)20)17(21)22;;/h3-15H2,1-2H3,(H,19,20)(H,21,22);;/q;+1;-1. The summed E-state index contributed by atoms with van der Waals surface area (Å²) in [7, 11) is 0. The molecule has 0 heterocycles. The Morgan fingerprint density at radius 1 is 0.696 bits per heavy atom. The largest absolute Gasteiger partial charge is 1.00 e. The first kappa shape index (κ1) is 25.8. The maximum atomic E-state index is 11.4. The van der Waals surface area contributed by atoms with Gasteiger partial charge in [-0.05, 0) is 12.8 Å². The van der Waals surface area contributed by atoms with Gasteiger partial charge in [0.1, 0.15) is 0 Å². The third-order valence-corrected chi connectivity index (χ3v) is 4.45. The number of aliphatic carboxylic acids is 2. The molecule has 0 bridgehead atoms. The predicted molar refractivity (Wildman–Crippen MR) is 90.2 cm³/mol. The molecule has 0 amide bonds. The van der Waals surface area contributed by atoms with Crippen LogP contribution in [0.1, 0.15) is 98.7 Å². The minimum atomic E-state index is -1.57. The quantitative estimate of drug-likeness (QED) is 0.269. The Balaban J connectivity index is -0.00000220. The van der Waals surface area contributed by atoms with E-state index in [-0.39, 0.29) is 65.7 Å². The summed E-state index contributed by atoms with van der Waals surface area (Å²) < 4.78 is 0. The first-order chi connectivity index (χ1) is 10.5. The van der Waals surface area contributed by atoms with E-state index < -0.39 is 17.4 Å². The molecular formula is C18H35KO4. The van der Waals surface area contributed by atoms with Crippen LogP contribution >= 0.6 is 0 Å².